The van der Waals surface area contributed by atoms with E-state index in [0.29, 0.717) is 23.7 Å². The fourth-order valence-electron chi connectivity index (χ4n) is 3.44. The highest BCUT2D eigenvalue weighted by molar-refractivity contribution is 7.90. The molecule has 0 fully saturated rings. The first-order valence-electron chi connectivity index (χ1n) is 11.5. The van der Waals surface area contributed by atoms with Crippen LogP contribution in [-0.2, 0) is 26.3 Å². The zero-order valence-corrected chi connectivity index (χ0v) is 22.5. The molecule has 0 aliphatic carbocycles. The lowest BCUT2D eigenvalue weighted by molar-refractivity contribution is -0.140. The summed E-state index contributed by atoms with van der Waals surface area (Å²) in [6.07, 6.45) is 0.370. The molecule has 192 valence electrons. The van der Waals surface area contributed by atoms with E-state index in [4.69, 9.17) is 11.6 Å². The van der Waals surface area contributed by atoms with Gasteiger partial charge in [0.2, 0.25) is 11.8 Å². The van der Waals surface area contributed by atoms with Crippen LogP contribution in [0.15, 0.2) is 54.6 Å². The fraction of sp³-hybridized carbons (Fsp3) is 0.440. The molecule has 8 nitrogen and oxygen atoms in total. The highest BCUT2D eigenvalue weighted by Crippen LogP contribution is 2.21. The van der Waals surface area contributed by atoms with E-state index in [1.54, 1.807) is 54.6 Å². The first-order valence-corrected chi connectivity index (χ1v) is 13.3. The Hall–Kier alpha value is -2.62. The standard InChI is InChI=1S/C25H35ClN4O4S/c1-6-23(25(32)27-16-19(2)3)29(17-20-12-14-21(26)15-13-20)24(31)18-30(35(33,34)28(4)5)22-10-8-7-9-11-22/h7-15,19,23H,6,16-18H2,1-5H3,(H,27,32)/t23-/m0/s1. The number of anilines is 1. The van der Waals surface area contributed by atoms with Crippen molar-refractivity contribution in [3.63, 3.8) is 0 Å². The first-order chi connectivity index (χ1) is 16.5. The van der Waals surface area contributed by atoms with Crippen LogP contribution in [0.2, 0.25) is 5.02 Å². The van der Waals surface area contributed by atoms with Crippen molar-refractivity contribution in [3.05, 3.63) is 65.2 Å². The van der Waals surface area contributed by atoms with Crippen LogP contribution >= 0.6 is 11.6 Å². The van der Waals surface area contributed by atoms with Crippen molar-refractivity contribution in [3.8, 4) is 0 Å². The Balaban J connectivity index is 2.44. The van der Waals surface area contributed by atoms with Gasteiger partial charge in [-0.25, -0.2) is 4.31 Å². The maximum atomic E-state index is 13.7. The summed E-state index contributed by atoms with van der Waals surface area (Å²) in [6, 6.07) is 14.7. The van der Waals surface area contributed by atoms with Crippen molar-refractivity contribution in [1.29, 1.82) is 0 Å². The molecule has 0 bridgehead atoms. The van der Waals surface area contributed by atoms with E-state index >= 15 is 0 Å². The SMILES string of the molecule is CC[C@@H](C(=O)NCC(C)C)N(Cc1ccc(Cl)cc1)C(=O)CN(c1ccccc1)S(=O)(=O)N(C)C. The van der Waals surface area contributed by atoms with Gasteiger partial charge in [-0.2, -0.15) is 12.7 Å². The number of amides is 2. The average molecular weight is 523 g/mol. The topological polar surface area (TPSA) is 90.0 Å². The summed E-state index contributed by atoms with van der Waals surface area (Å²) >= 11 is 6.02. The van der Waals surface area contributed by atoms with Crippen LogP contribution < -0.4 is 9.62 Å². The van der Waals surface area contributed by atoms with E-state index in [1.165, 1.54) is 19.0 Å². The molecule has 2 rings (SSSR count). The summed E-state index contributed by atoms with van der Waals surface area (Å²) < 4.78 is 28.4. The van der Waals surface area contributed by atoms with Crippen LogP contribution in [0.4, 0.5) is 5.69 Å². The predicted molar refractivity (Wildman–Crippen MR) is 140 cm³/mol. The van der Waals surface area contributed by atoms with Gasteiger partial charge in [-0.3, -0.25) is 9.59 Å². The van der Waals surface area contributed by atoms with E-state index in [2.05, 4.69) is 5.32 Å². The Morgan fingerprint density at radius 2 is 1.60 bits per heavy atom. The summed E-state index contributed by atoms with van der Waals surface area (Å²) in [4.78, 5) is 28.2. The van der Waals surface area contributed by atoms with Gasteiger partial charge in [-0.05, 0) is 42.2 Å². The third-order valence-electron chi connectivity index (χ3n) is 5.40. The van der Waals surface area contributed by atoms with Crippen LogP contribution in [0, 0.1) is 5.92 Å². The molecule has 35 heavy (non-hydrogen) atoms. The van der Waals surface area contributed by atoms with Gasteiger partial charge < -0.3 is 10.2 Å². The minimum atomic E-state index is -3.97. The van der Waals surface area contributed by atoms with Gasteiger partial charge in [0, 0.05) is 32.2 Å². The number of rotatable bonds is 12. The van der Waals surface area contributed by atoms with E-state index < -0.39 is 28.7 Å². The molecule has 10 heteroatoms. The molecule has 0 unspecified atom stereocenters. The van der Waals surface area contributed by atoms with E-state index in [1.807, 2.05) is 20.8 Å². The molecule has 0 spiro atoms. The van der Waals surface area contributed by atoms with Crippen molar-refractivity contribution in [2.45, 2.75) is 39.8 Å². The molecule has 2 aromatic carbocycles. The molecule has 2 amide bonds. The summed E-state index contributed by atoms with van der Waals surface area (Å²) in [5, 5.41) is 3.46. The molecular weight excluding hydrogens is 488 g/mol. The summed E-state index contributed by atoms with van der Waals surface area (Å²) in [5.74, 6) is -0.512. The summed E-state index contributed by atoms with van der Waals surface area (Å²) in [5.41, 5.74) is 1.14. The van der Waals surface area contributed by atoms with Crippen molar-refractivity contribution in [2.24, 2.45) is 5.92 Å². The molecule has 1 N–H and O–H groups in total. The molecule has 1 atom stereocenters. The summed E-state index contributed by atoms with van der Waals surface area (Å²) in [6.45, 7) is 5.96. The van der Waals surface area contributed by atoms with Crippen molar-refractivity contribution in [2.75, 3.05) is 31.5 Å². The first kappa shape index (κ1) is 28.6. The molecule has 0 radical (unpaired) electrons. The Kier molecular flexibility index (Phi) is 10.5. The van der Waals surface area contributed by atoms with Gasteiger partial charge in [0.05, 0.1) is 5.69 Å². The third kappa shape index (κ3) is 7.95. The Morgan fingerprint density at radius 1 is 1.00 bits per heavy atom. The van der Waals surface area contributed by atoms with Crippen LogP contribution in [0.25, 0.3) is 0 Å². The van der Waals surface area contributed by atoms with Gasteiger partial charge >= 0.3 is 10.2 Å². The molecule has 0 aliphatic rings. The molecule has 2 aromatic rings. The van der Waals surface area contributed by atoms with Crippen LogP contribution in [0.3, 0.4) is 0 Å². The van der Waals surface area contributed by atoms with Crippen molar-refractivity contribution < 1.29 is 18.0 Å². The smallest absolute Gasteiger partial charge is 0.304 e. The number of nitrogens with zero attached hydrogens (tertiary/aromatic N) is 3. The van der Waals surface area contributed by atoms with E-state index in [-0.39, 0.29) is 18.4 Å². The summed E-state index contributed by atoms with van der Waals surface area (Å²) in [7, 11) is -1.15. The number of hydrogen-bond acceptors (Lipinski definition) is 4. The number of para-hydroxylation sites is 1. The monoisotopic (exact) mass is 522 g/mol. The maximum Gasteiger partial charge on any atom is 0.304 e. The van der Waals surface area contributed by atoms with Crippen LogP contribution in [0.5, 0.6) is 0 Å². The second kappa shape index (κ2) is 12.9. The Labute approximate surface area is 214 Å². The number of nitrogens with one attached hydrogen (secondary N) is 1. The Morgan fingerprint density at radius 3 is 2.11 bits per heavy atom. The number of hydrogen-bond donors (Lipinski definition) is 1. The van der Waals surface area contributed by atoms with Crippen molar-refractivity contribution >= 4 is 39.3 Å². The molecule has 0 saturated heterocycles. The number of carbonyl (C=O) groups excluding carboxylic acids is 2. The lowest BCUT2D eigenvalue weighted by atomic mass is 10.1. The van der Waals surface area contributed by atoms with Gasteiger partial charge in [-0.1, -0.05) is 62.7 Å². The van der Waals surface area contributed by atoms with E-state index in [0.717, 1.165) is 14.2 Å². The largest absolute Gasteiger partial charge is 0.354 e. The minimum Gasteiger partial charge on any atom is -0.354 e. The van der Waals surface area contributed by atoms with Gasteiger partial charge in [0.25, 0.3) is 0 Å². The fourth-order valence-corrected chi connectivity index (χ4v) is 4.62. The number of halogens is 1. The highest BCUT2D eigenvalue weighted by atomic mass is 35.5. The second-order valence-corrected chi connectivity index (χ2v) is 11.3. The zero-order chi connectivity index (χ0) is 26.2. The molecule has 0 saturated carbocycles. The molecular formula is C25H35ClN4O4S. The van der Waals surface area contributed by atoms with Crippen LogP contribution in [0.1, 0.15) is 32.8 Å². The zero-order valence-electron chi connectivity index (χ0n) is 20.9. The lowest BCUT2D eigenvalue weighted by Crippen LogP contribution is -2.53. The second-order valence-electron chi connectivity index (χ2n) is 8.84. The maximum absolute atomic E-state index is 13.7. The third-order valence-corrected chi connectivity index (χ3v) is 7.47. The predicted octanol–water partition coefficient (Wildman–Crippen LogP) is 3.53. The molecule has 0 aliphatic heterocycles. The average Bonchev–Trinajstić information content (AvgIpc) is 2.82. The van der Waals surface area contributed by atoms with Gasteiger partial charge in [0.1, 0.15) is 12.6 Å². The van der Waals surface area contributed by atoms with Gasteiger partial charge in [0.15, 0.2) is 0 Å². The lowest BCUT2D eigenvalue weighted by Gasteiger charge is -2.34. The van der Waals surface area contributed by atoms with Crippen molar-refractivity contribution in [1.82, 2.24) is 14.5 Å². The molecule has 0 heterocycles. The molecule has 0 aromatic heterocycles. The highest BCUT2D eigenvalue weighted by Gasteiger charge is 2.33. The quantitative estimate of drug-likeness (QED) is 0.461. The normalized spacial score (nSPS) is 12.5. The minimum absolute atomic E-state index is 0.133. The Bertz CT molecular complexity index is 1080. The number of benzene rings is 2. The van der Waals surface area contributed by atoms with E-state index in [9.17, 15) is 18.0 Å². The van der Waals surface area contributed by atoms with Gasteiger partial charge in [-0.15, -0.1) is 0 Å². The number of carbonyl (C=O) groups is 2. The van der Waals surface area contributed by atoms with Crippen LogP contribution in [-0.4, -0.2) is 62.7 Å².